The molecule has 1 rings (SSSR count). The maximum Gasteiger partial charge on any atom is 0.491 e. The van der Waals surface area contributed by atoms with Crippen LogP contribution >= 0.6 is 0 Å². The van der Waals surface area contributed by atoms with Gasteiger partial charge in [-0.15, -0.1) is 0 Å². The molecular formula is C10H12BFO4. The lowest BCUT2D eigenvalue weighted by atomic mass is 9.78. The highest BCUT2D eigenvalue weighted by atomic mass is 19.1. The van der Waals surface area contributed by atoms with Gasteiger partial charge < -0.3 is 14.8 Å². The molecule has 0 aliphatic heterocycles. The van der Waals surface area contributed by atoms with Crippen molar-refractivity contribution in [1.29, 1.82) is 0 Å². The van der Waals surface area contributed by atoms with Crippen molar-refractivity contribution >= 4 is 18.6 Å². The van der Waals surface area contributed by atoms with Crippen LogP contribution in [-0.4, -0.2) is 29.7 Å². The Morgan fingerprint density at radius 1 is 1.50 bits per heavy atom. The van der Waals surface area contributed by atoms with Crippen LogP contribution in [0.3, 0.4) is 0 Å². The first kappa shape index (κ1) is 12.7. The van der Waals surface area contributed by atoms with Gasteiger partial charge in [0, 0.05) is 5.46 Å². The van der Waals surface area contributed by atoms with Crippen LogP contribution in [0.15, 0.2) is 12.1 Å². The lowest BCUT2D eigenvalue weighted by molar-refractivity contribution is 0.0525. The lowest BCUT2D eigenvalue weighted by Crippen LogP contribution is -2.34. The number of halogens is 1. The minimum absolute atomic E-state index is 0.131. The minimum Gasteiger partial charge on any atom is -0.462 e. The van der Waals surface area contributed by atoms with Gasteiger partial charge in [-0.1, -0.05) is 0 Å². The zero-order valence-corrected chi connectivity index (χ0v) is 9.03. The van der Waals surface area contributed by atoms with Crippen LogP contribution in [0.1, 0.15) is 22.8 Å². The zero-order chi connectivity index (χ0) is 12.3. The number of esters is 1. The Kier molecular flexibility index (Phi) is 4.03. The van der Waals surface area contributed by atoms with Crippen LogP contribution in [0.5, 0.6) is 0 Å². The van der Waals surface area contributed by atoms with Crippen molar-refractivity contribution in [2.24, 2.45) is 0 Å². The summed E-state index contributed by atoms with van der Waals surface area (Å²) >= 11 is 0. The van der Waals surface area contributed by atoms with Gasteiger partial charge in [-0.05, 0) is 31.5 Å². The minimum atomic E-state index is -1.95. The monoisotopic (exact) mass is 226 g/mol. The average Bonchev–Trinajstić information content (AvgIpc) is 2.17. The molecule has 0 saturated heterocycles. The first-order chi connectivity index (χ1) is 7.47. The van der Waals surface area contributed by atoms with Gasteiger partial charge in [-0.25, -0.2) is 9.18 Å². The van der Waals surface area contributed by atoms with E-state index in [4.69, 9.17) is 14.8 Å². The van der Waals surface area contributed by atoms with Crippen LogP contribution in [0.4, 0.5) is 4.39 Å². The zero-order valence-electron chi connectivity index (χ0n) is 9.03. The Morgan fingerprint density at radius 3 is 2.62 bits per heavy atom. The number of hydrogen-bond donors (Lipinski definition) is 2. The normalized spacial score (nSPS) is 10.1. The van der Waals surface area contributed by atoms with Crippen molar-refractivity contribution in [3.8, 4) is 0 Å². The summed E-state index contributed by atoms with van der Waals surface area (Å²) < 4.78 is 18.0. The summed E-state index contributed by atoms with van der Waals surface area (Å²) in [5.74, 6) is -1.37. The smallest absolute Gasteiger partial charge is 0.462 e. The van der Waals surface area contributed by atoms with Crippen molar-refractivity contribution in [1.82, 2.24) is 0 Å². The molecule has 0 unspecified atom stereocenters. The van der Waals surface area contributed by atoms with Crippen molar-refractivity contribution in [2.75, 3.05) is 6.61 Å². The second kappa shape index (κ2) is 5.09. The molecule has 2 N–H and O–H groups in total. The molecule has 0 aromatic heterocycles. The van der Waals surface area contributed by atoms with Gasteiger partial charge in [-0.2, -0.15) is 0 Å². The molecule has 0 radical (unpaired) electrons. The topological polar surface area (TPSA) is 66.8 Å². The van der Waals surface area contributed by atoms with E-state index in [9.17, 15) is 9.18 Å². The Bertz CT molecular complexity index is 406. The predicted octanol–water partition coefficient (Wildman–Crippen LogP) is -0.00938. The van der Waals surface area contributed by atoms with E-state index >= 15 is 0 Å². The quantitative estimate of drug-likeness (QED) is 0.561. The van der Waals surface area contributed by atoms with Gasteiger partial charge >= 0.3 is 13.1 Å². The Labute approximate surface area is 92.8 Å². The number of aryl methyl sites for hydroxylation is 1. The molecule has 0 atom stereocenters. The largest absolute Gasteiger partial charge is 0.491 e. The molecular weight excluding hydrogens is 214 g/mol. The third-order valence-electron chi connectivity index (χ3n) is 2.12. The van der Waals surface area contributed by atoms with E-state index in [0.29, 0.717) is 5.56 Å². The van der Waals surface area contributed by atoms with Gasteiger partial charge in [0.25, 0.3) is 0 Å². The summed E-state index contributed by atoms with van der Waals surface area (Å²) in [7, 11) is -1.95. The standard InChI is InChI=1S/C10H12BFO4/c1-3-16-10(13)7-5-8(11(14)15)9(12)4-6(7)2/h4-5,14-15H,3H2,1-2H3. The fourth-order valence-electron chi connectivity index (χ4n) is 1.32. The highest BCUT2D eigenvalue weighted by Gasteiger charge is 2.21. The Hall–Kier alpha value is -1.40. The lowest BCUT2D eigenvalue weighted by Gasteiger charge is -2.09. The number of ether oxygens (including phenoxy) is 1. The first-order valence-corrected chi connectivity index (χ1v) is 4.80. The molecule has 0 bridgehead atoms. The van der Waals surface area contributed by atoms with Crippen molar-refractivity contribution in [3.63, 3.8) is 0 Å². The first-order valence-electron chi connectivity index (χ1n) is 4.80. The molecule has 1 aromatic carbocycles. The predicted molar refractivity (Wildman–Crippen MR) is 56.9 cm³/mol. The van der Waals surface area contributed by atoms with E-state index in [1.54, 1.807) is 13.8 Å². The van der Waals surface area contributed by atoms with Crippen LogP contribution in [0.2, 0.25) is 0 Å². The van der Waals surface area contributed by atoms with Crippen LogP contribution in [0.25, 0.3) is 0 Å². The van der Waals surface area contributed by atoms with E-state index < -0.39 is 18.9 Å². The van der Waals surface area contributed by atoms with E-state index in [1.807, 2.05) is 0 Å². The van der Waals surface area contributed by atoms with E-state index in [1.165, 1.54) is 0 Å². The van der Waals surface area contributed by atoms with Crippen LogP contribution in [-0.2, 0) is 4.74 Å². The molecule has 16 heavy (non-hydrogen) atoms. The molecule has 0 heterocycles. The van der Waals surface area contributed by atoms with Gasteiger partial charge in [0.1, 0.15) is 5.82 Å². The average molecular weight is 226 g/mol. The number of carbonyl (C=O) groups is 1. The van der Waals surface area contributed by atoms with E-state index in [-0.39, 0.29) is 17.6 Å². The maximum absolute atomic E-state index is 13.3. The van der Waals surface area contributed by atoms with Gasteiger partial charge in [0.05, 0.1) is 12.2 Å². The number of benzene rings is 1. The molecule has 0 saturated carbocycles. The summed E-state index contributed by atoms with van der Waals surface area (Å²) in [5.41, 5.74) is 0.181. The molecule has 0 aliphatic carbocycles. The summed E-state index contributed by atoms with van der Waals surface area (Å²) in [4.78, 5) is 11.4. The fourth-order valence-corrected chi connectivity index (χ4v) is 1.32. The maximum atomic E-state index is 13.3. The van der Waals surface area contributed by atoms with Crippen molar-refractivity contribution in [2.45, 2.75) is 13.8 Å². The molecule has 6 heteroatoms. The highest BCUT2D eigenvalue weighted by Crippen LogP contribution is 2.10. The van der Waals surface area contributed by atoms with Crippen molar-refractivity contribution in [3.05, 3.63) is 29.1 Å². The number of rotatable bonds is 3. The van der Waals surface area contributed by atoms with Gasteiger partial charge in [0.15, 0.2) is 0 Å². The van der Waals surface area contributed by atoms with Gasteiger partial charge in [0.2, 0.25) is 0 Å². The number of carbonyl (C=O) groups excluding carboxylic acids is 1. The van der Waals surface area contributed by atoms with Gasteiger partial charge in [-0.3, -0.25) is 0 Å². The summed E-state index contributed by atoms with van der Waals surface area (Å²) in [5, 5.41) is 17.8. The molecule has 4 nitrogen and oxygen atoms in total. The van der Waals surface area contributed by atoms with E-state index in [2.05, 4.69) is 0 Å². The molecule has 1 aromatic rings. The molecule has 0 aliphatic rings. The molecule has 86 valence electrons. The summed E-state index contributed by atoms with van der Waals surface area (Å²) in [6, 6.07) is 2.16. The number of hydrogen-bond acceptors (Lipinski definition) is 4. The summed E-state index contributed by atoms with van der Waals surface area (Å²) in [6.45, 7) is 3.40. The second-order valence-electron chi connectivity index (χ2n) is 3.28. The molecule has 0 spiro atoms. The SMILES string of the molecule is CCOC(=O)c1cc(B(O)O)c(F)cc1C. The summed E-state index contributed by atoms with van der Waals surface area (Å²) in [6.07, 6.45) is 0. The molecule has 0 amide bonds. The van der Waals surface area contributed by atoms with E-state index in [0.717, 1.165) is 12.1 Å². The fraction of sp³-hybridized carbons (Fsp3) is 0.300. The van der Waals surface area contributed by atoms with Crippen molar-refractivity contribution < 1.29 is 24.0 Å². The Morgan fingerprint density at radius 2 is 2.12 bits per heavy atom. The second-order valence-corrected chi connectivity index (χ2v) is 3.28. The highest BCUT2D eigenvalue weighted by molar-refractivity contribution is 6.58. The molecule has 0 fully saturated rings. The third kappa shape index (κ3) is 2.59. The third-order valence-corrected chi connectivity index (χ3v) is 2.12. The van der Waals surface area contributed by atoms with Crippen LogP contribution < -0.4 is 5.46 Å². The van der Waals surface area contributed by atoms with Crippen LogP contribution in [0, 0.1) is 12.7 Å². The Balaban J connectivity index is 3.19.